The highest BCUT2D eigenvalue weighted by Gasteiger charge is 2.48. The molecule has 0 unspecified atom stereocenters. The van der Waals surface area contributed by atoms with Gasteiger partial charge >= 0.3 is 0 Å². The van der Waals surface area contributed by atoms with Crippen molar-refractivity contribution in [3.8, 4) is 44.5 Å². The second-order valence-electron chi connectivity index (χ2n) is 28.3. The average molecular weight is 1410 g/mol. The lowest BCUT2D eigenvalue weighted by Crippen LogP contribution is -2.74. The van der Waals surface area contributed by atoms with Crippen LogP contribution in [0.25, 0.3) is 44.5 Å². The summed E-state index contributed by atoms with van der Waals surface area (Å²) >= 11 is 0. The van der Waals surface area contributed by atoms with E-state index in [1.807, 2.05) is 0 Å². The normalized spacial score (nSPS) is 12.2. The van der Waals surface area contributed by atoms with Crippen molar-refractivity contribution in [3.05, 3.63) is 449 Å². The molecule has 0 saturated heterocycles. The summed E-state index contributed by atoms with van der Waals surface area (Å²) in [6.07, 6.45) is 0. The first kappa shape index (κ1) is 65.4. The van der Waals surface area contributed by atoms with E-state index in [9.17, 15) is 0 Å². The van der Waals surface area contributed by atoms with Gasteiger partial charge in [-0.2, -0.15) is 0 Å². The van der Waals surface area contributed by atoms with Gasteiger partial charge in [-0.05, 0) is 175 Å². The summed E-state index contributed by atoms with van der Waals surface area (Å²) in [5.74, 6) is 0. The molecule has 0 aromatic heterocycles. The largest absolute Gasteiger partial charge is 0.311 e. The number of rotatable bonds is 17. The van der Waals surface area contributed by atoms with Crippen molar-refractivity contribution >= 4 is 132 Å². The summed E-state index contributed by atoms with van der Waals surface area (Å²) in [4.78, 5) is 7.81. The molecule has 0 aliphatic carbocycles. The van der Waals surface area contributed by atoms with Crippen molar-refractivity contribution in [1.82, 2.24) is 0 Å². The zero-order chi connectivity index (χ0) is 71.8. The number of nitrogens with zero attached hydrogens (tertiary/aromatic N) is 3. The van der Waals surface area contributed by atoms with Crippen LogP contribution >= 0.6 is 0 Å². The molecule has 0 saturated carbocycles. The zero-order valence-electron chi connectivity index (χ0n) is 59.6. The second kappa shape index (κ2) is 28.3. The summed E-state index contributed by atoms with van der Waals surface area (Å²) < 4.78 is 0. The average Bonchev–Trinajstić information content (AvgIpc) is 0.386. The molecule has 0 spiro atoms. The Hall–Kier alpha value is -13.4. The third kappa shape index (κ3) is 11.5. The third-order valence-corrected chi connectivity index (χ3v) is 31.7. The quantitative estimate of drug-likeness (QED) is 0.0664. The number of hydrogen-bond acceptors (Lipinski definition) is 3. The molecule has 2 heterocycles. The van der Waals surface area contributed by atoms with Gasteiger partial charge in [-0.25, -0.2) is 0 Å². The van der Waals surface area contributed by atoms with Crippen LogP contribution in [0.15, 0.2) is 449 Å². The standard InChI is InChI=1S/C102H74BN3Si2/c1-13-37-75(38-14-1)79-61-63-98-96(69-79)103-97-70-80(76-39-15-2-16-40-76)62-64-99(97)106(86-66-82(78-43-19-4-20-44-78)68-95(72-86)108(91-55-31-10-32-56-91,92-57-33-11-34-58-92)93-59-35-12-36-60-93)101-74-87(104(83-45-21-5-22-46-83)84-47-23-6-24-48-84)73-100(102(101)103)105(98)85-65-81(77-41-17-3-18-42-77)67-94(71-85)107(88-49-25-7-26-50-88,89-51-27-8-28-52-89)90-53-29-9-30-54-90/h1-74H. The van der Waals surface area contributed by atoms with Gasteiger partial charge in [-0.1, -0.05) is 376 Å². The highest BCUT2D eigenvalue weighted by Crippen LogP contribution is 2.50. The minimum absolute atomic E-state index is 0.276. The van der Waals surface area contributed by atoms with Gasteiger partial charge in [-0.15, -0.1) is 0 Å². The van der Waals surface area contributed by atoms with Crippen LogP contribution in [0.4, 0.5) is 51.2 Å². The summed E-state index contributed by atoms with van der Waals surface area (Å²) in [6, 6.07) is 169. The molecule has 19 rings (SSSR count). The maximum absolute atomic E-state index is 3.24. The van der Waals surface area contributed by atoms with Crippen molar-refractivity contribution < 1.29 is 0 Å². The molecule has 108 heavy (non-hydrogen) atoms. The van der Waals surface area contributed by atoms with Crippen molar-refractivity contribution in [2.24, 2.45) is 0 Å². The lowest BCUT2D eigenvalue weighted by Gasteiger charge is -2.46. The number of anilines is 9. The number of benzene rings is 17. The van der Waals surface area contributed by atoms with Crippen LogP contribution in [-0.2, 0) is 0 Å². The van der Waals surface area contributed by atoms with E-state index in [-0.39, 0.29) is 6.71 Å². The van der Waals surface area contributed by atoms with E-state index in [4.69, 9.17) is 0 Å². The van der Waals surface area contributed by atoms with Crippen molar-refractivity contribution in [2.45, 2.75) is 0 Å². The van der Waals surface area contributed by atoms with E-state index in [1.165, 1.54) is 57.9 Å². The first-order valence-corrected chi connectivity index (χ1v) is 41.4. The highest BCUT2D eigenvalue weighted by atomic mass is 28.3. The van der Waals surface area contributed by atoms with Gasteiger partial charge in [0.1, 0.15) is 0 Å². The molecule has 0 fully saturated rings. The SMILES string of the molecule is c1ccc(-c2cc(N3c4ccc(-c5ccccc5)cc4B4c5cc(-c6ccccc6)ccc5N(c5cc(-c6ccccc6)cc([Si](c6ccccc6)(c6ccccc6)c6ccccc6)c5)c5cc(N(c6ccccc6)c6ccccc6)cc3c54)cc([Si](c3ccccc3)(c3ccccc3)c3ccccc3)c2)cc1. The Balaban J connectivity index is 0.987. The van der Waals surface area contributed by atoms with E-state index >= 15 is 0 Å². The van der Waals surface area contributed by atoms with Crippen LogP contribution in [0.5, 0.6) is 0 Å². The predicted molar refractivity (Wildman–Crippen MR) is 464 cm³/mol. The minimum atomic E-state index is -3.24. The van der Waals surface area contributed by atoms with Crippen LogP contribution in [0.3, 0.4) is 0 Å². The molecule has 0 radical (unpaired) electrons. The molecular weight excluding hydrogens is 1330 g/mol. The molecule has 0 N–H and O–H groups in total. The Morgan fingerprint density at radius 2 is 0.444 bits per heavy atom. The van der Waals surface area contributed by atoms with Gasteiger partial charge in [0.25, 0.3) is 6.71 Å². The van der Waals surface area contributed by atoms with Crippen LogP contribution < -0.4 is 72.6 Å². The Kier molecular flexibility index (Phi) is 17.1. The Morgan fingerprint density at radius 3 is 0.731 bits per heavy atom. The lowest BCUT2D eigenvalue weighted by molar-refractivity contribution is 1.23. The van der Waals surface area contributed by atoms with Gasteiger partial charge in [0.05, 0.1) is 5.69 Å². The van der Waals surface area contributed by atoms with E-state index in [0.717, 1.165) is 95.7 Å². The summed E-state index contributed by atoms with van der Waals surface area (Å²) in [7, 11) is -6.48. The first-order chi connectivity index (χ1) is 53.6. The lowest BCUT2D eigenvalue weighted by atomic mass is 9.33. The second-order valence-corrected chi connectivity index (χ2v) is 35.9. The van der Waals surface area contributed by atoms with Crippen LogP contribution in [0.2, 0.25) is 0 Å². The van der Waals surface area contributed by atoms with E-state index < -0.39 is 16.1 Å². The number of fused-ring (bicyclic) bond motifs is 4. The fourth-order valence-electron chi connectivity index (χ4n) is 17.5. The summed E-state index contributed by atoms with van der Waals surface area (Å²) in [5.41, 5.74) is 22.5. The van der Waals surface area contributed by atoms with Crippen LogP contribution in [0.1, 0.15) is 0 Å². The number of para-hydroxylation sites is 2. The predicted octanol–water partition coefficient (Wildman–Crippen LogP) is 18.7. The Bertz CT molecular complexity index is 5470. The van der Waals surface area contributed by atoms with Gasteiger partial charge < -0.3 is 14.7 Å². The monoisotopic (exact) mass is 1410 g/mol. The molecule has 508 valence electrons. The molecule has 0 amide bonds. The molecule has 2 aliphatic heterocycles. The van der Waals surface area contributed by atoms with Crippen LogP contribution in [-0.4, -0.2) is 22.9 Å². The molecule has 6 heteroatoms. The summed E-state index contributed by atoms with van der Waals surface area (Å²) in [6.45, 7) is -0.276. The maximum Gasteiger partial charge on any atom is 0.252 e. The first-order valence-electron chi connectivity index (χ1n) is 37.4. The van der Waals surface area contributed by atoms with Gasteiger partial charge in [0, 0.05) is 45.5 Å². The van der Waals surface area contributed by atoms with E-state index in [0.29, 0.717) is 0 Å². The molecule has 0 atom stereocenters. The topological polar surface area (TPSA) is 9.72 Å². The number of hydrogen-bond donors (Lipinski definition) is 0. The van der Waals surface area contributed by atoms with Crippen LogP contribution in [0, 0.1) is 0 Å². The van der Waals surface area contributed by atoms with E-state index in [2.05, 4.69) is 464 Å². The maximum atomic E-state index is 2.67. The highest BCUT2D eigenvalue weighted by molar-refractivity contribution is 7.20. The van der Waals surface area contributed by atoms with Gasteiger partial charge in [0.2, 0.25) is 0 Å². The molecular formula is C102H74BN3Si2. The fourth-order valence-corrected chi connectivity index (χ4v) is 27.2. The smallest absolute Gasteiger partial charge is 0.252 e. The Labute approximate surface area is 635 Å². The molecule has 17 aromatic carbocycles. The molecule has 17 aromatic rings. The Morgan fingerprint density at radius 1 is 0.185 bits per heavy atom. The third-order valence-electron chi connectivity index (χ3n) is 22.2. The van der Waals surface area contributed by atoms with Gasteiger partial charge in [0.15, 0.2) is 16.1 Å². The zero-order valence-corrected chi connectivity index (χ0v) is 61.6. The van der Waals surface area contributed by atoms with Gasteiger partial charge in [-0.3, -0.25) is 0 Å². The molecule has 3 nitrogen and oxygen atoms in total. The van der Waals surface area contributed by atoms with Crippen molar-refractivity contribution in [3.63, 3.8) is 0 Å². The molecule has 0 bridgehead atoms. The van der Waals surface area contributed by atoms with Crippen molar-refractivity contribution in [1.29, 1.82) is 0 Å². The van der Waals surface area contributed by atoms with E-state index in [1.54, 1.807) is 0 Å². The minimum Gasteiger partial charge on any atom is -0.311 e. The fraction of sp³-hybridized carbons (Fsp3) is 0. The van der Waals surface area contributed by atoms with Crippen molar-refractivity contribution in [2.75, 3.05) is 14.7 Å². The summed E-state index contributed by atoms with van der Waals surface area (Å²) in [5, 5.41) is 10.4. The molecule has 2 aliphatic rings.